The van der Waals surface area contributed by atoms with Gasteiger partial charge in [-0.2, -0.15) is 0 Å². The maximum Gasteiger partial charge on any atom is 0.150 e. The number of pyridine rings is 1. The summed E-state index contributed by atoms with van der Waals surface area (Å²) in [5.74, 6) is 0. The Kier molecular flexibility index (Phi) is 3.60. The molecule has 5 rings (SSSR count). The number of allylic oxidation sites excluding steroid dienone is 3. The second kappa shape index (κ2) is 5.97. The normalized spacial score (nSPS) is 22.6. The second-order valence-corrected chi connectivity index (χ2v) is 7.63. The first-order chi connectivity index (χ1) is 12.3. The molecule has 0 radical (unpaired) electrons. The van der Waals surface area contributed by atoms with Gasteiger partial charge < -0.3 is 9.64 Å². The minimum atomic E-state index is -1.22. The molecule has 1 aromatic heterocycles. The molecular formula is C19H19N3O2S. The zero-order valence-electron chi connectivity index (χ0n) is 13.8. The Morgan fingerprint density at radius 1 is 1.20 bits per heavy atom. The Morgan fingerprint density at radius 3 is 2.92 bits per heavy atom. The van der Waals surface area contributed by atoms with Crippen molar-refractivity contribution in [2.75, 3.05) is 35.9 Å². The third-order valence-corrected chi connectivity index (χ3v) is 6.19. The molecule has 128 valence electrons. The molecule has 1 N–H and O–H groups in total. The molecule has 0 spiro atoms. The predicted octanol–water partition coefficient (Wildman–Crippen LogP) is 3.22. The first kappa shape index (κ1) is 15.1. The number of benzene rings is 1. The van der Waals surface area contributed by atoms with Gasteiger partial charge in [-0.05, 0) is 36.6 Å². The van der Waals surface area contributed by atoms with Gasteiger partial charge in [-0.15, -0.1) is 0 Å². The number of anilines is 2. The Labute approximate surface area is 149 Å². The van der Waals surface area contributed by atoms with E-state index < -0.39 is 11.0 Å². The van der Waals surface area contributed by atoms with E-state index in [4.69, 9.17) is 4.74 Å². The molecule has 5 nitrogen and oxygen atoms in total. The van der Waals surface area contributed by atoms with Crippen LogP contribution in [0.15, 0.2) is 41.5 Å². The SMILES string of the molecule is O=S1Nc2c(cc(N3CCOCC3)c3cccnc23)C2=CCCC=C21. The highest BCUT2D eigenvalue weighted by atomic mass is 32.2. The van der Waals surface area contributed by atoms with Gasteiger partial charge >= 0.3 is 0 Å². The molecule has 2 aromatic rings. The van der Waals surface area contributed by atoms with Crippen molar-refractivity contribution in [2.45, 2.75) is 12.8 Å². The Balaban J connectivity index is 1.78. The molecule has 1 fully saturated rings. The monoisotopic (exact) mass is 353 g/mol. The van der Waals surface area contributed by atoms with E-state index in [1.165, 1.54) is 5.69 Å². The molecule has 3 aliphatic rings. The van der Waals surface area contributed by atoms with Crippen molar-refractivity contribution in [1.29, 1.82) is 0 Å². The van der Waals surface area contributed by atoms with Crippen molar-refractivity contribution in [3.8, 4) is 0 Å². The first-order valence-electron chi connectivity index (χ1n) is 8.67. The number of aromatic nitrogens is 1. The van der Waals surface area contributed by atoms with E-state index >= 15 is 0 Å². The Morgan fingerprint density at radius 2 is 2.04 bits per heavy atom. The molecule has 3 heterocycles. The van der Waals surface area contributed by atoms with Gasteiger partial charge in [0.25, 0.3) is 0 Å². The molecule has 0 amide bonds. The lowest BCUT2D eigenvalue weighted by molar-refractivity contribution is 0.123. The van der Waals surface area contributed by atoms with Gasteiger partial charge in [0.15, 0.2) is 11.0 Å². The van der Waals surface area contributed by atoms with Crippen LogP contribution in [0.3, 0.4) is 0 Å². The molecule has 1 aliphatic carbocycles. The van der Waals surface area contributed by atoms with Crippen LogP contribution in [0, 0.1) is 0 Å². The van der Waals surface area contributed by atoms with Crippen LogP contribution >= 0.6 is 0 Å². The van der Waals surface area contributed by atoms with Gasteiger partial charge in [0.05, 0.1) is 29.3 Å². The highest BCUT2D eigenvalue weighted by Gasteiger charge is 2.29. The van der Waals surface area contributed by atoms with Crippen LogP contribution in [0.25, 0.3) is 16.5 Å². The van der Waals surface area contributed by atoms with Crippen molar-refractivity contribution in [1.82, 2.24) is 4.98 Å². The predicted molar refractivity (Wildman–Crippen MR) is 102 cm³/mol. The van der Waals surface area contributed by atoms with Crippen LogP contribution in [0.4, 0.5) is 11.4 Å². The standard InChI is InChI=1S/C19H19N3O2S/c23-25-17-6-2-1-4-13(17)15-12-16(22-8-10-24-11-9-22)14-5-3-7-20-18(14)19(15)21-25/h3-7,12,21H,1-2,8-11H2. The van der Waals surface area contributed by atoms with E-state index in [0.29, 0.717) is 0 Å². The fourth-order valence-electron chi connectivity index (χ4n) is 3.83. The summed E-state index contributed by atoms with van der Waals surface area (Å²) in [4.78, 5) is 7.89. The largest absolute Gasteiger partial charge is 0.378 e. The molecule has 1 atom stereocenters. The summed E-state index contributed by atoms with van der Waals surface area (Å²) in [6.45, 7) is 3.25. The molecule has 2 aliphatic heterocycles. The lowest BCUT2D eigenvalue weighted by Crippen LogP contribution is -2.36. The summed E-state index contributed by atoms with van der Waals surface area (Å²) in [5, 5.41) is 1.09. The van der Waals surface area contributed by atoms with E-state index in [1.54, 1.807) is 6.20 Å². The summed E-state index contributed by atoms with van der Waals surface area (Å²) >= 11 is 0. The number of hydrogen-bond donors (Lipinski definition) is 1. The lowest BCUT2D eigenvalue weighted by atomic mass is 9.94. The van der Waals surface area contributed by atoms with E-state index in [0.717, 1.165) is 71.8 Å². The minimum absolute atomic E-state index is 0.745. The zero-order chi connectivity index (χ0) is 16.8. The zero-order valence-corrected chi connectivity index (χ0v) is 14.6. The molecule has 6 heteroatoms. The molecule has 1 aromatic carbocycles. The highest BCUT2D eigenvalue weighted by Crippen LogP contribution is 2.45. The Hall–Kier alpha value is -2.18. The lowest BCUT2D eigenvalue weighted by Gasteiger charge is -2.32. The van der Waals surface area contributed by atoms with Gasteiger partial charge in [-0.1, -0.05) is 12.2 Å². The fourth-order valence-corrected chi connectivity index (χ4v) is 4.99. The van der Waals surface area contributed by atoms with Gasteiger partial charge in [0.2, 0.25) is 0 Å². The minimum Gasteiger partial charge on any atom is -0.378 e. The average molecular weight is 353 g/mol. The van der Waals surface area contributed by atoms with Crippen molar-refractivity contribution in [3.05, 3.63) is 47.0 Å². The quantitative estimate of drug-likeness (QED) is 0.855. The smallest absolute Gasteiger partial charge is 0.150 e. The topological polar surface area (TPSA) is 54.5 Å². The number of nitrogens with one attached hydrogen (secondary N) is 1. The van der Waals surface area contributed by atoms with Crippen LogP contribution < -0.4 is 9.62 Å². The summed E-state index contributed by atoms with van der Waals surface area (Å²) in [6.07, 6.45) is 8.05. The maximum atomic E-state index is 12.7. The molecule has 1 unspecified atom stereocenters. The Bertz CT molecular complexity index is 945. The summed E-state index contributed by atoms with van der Waals surface area (Å²) in [5.41, 5.74) is 5.17. The van der Waals surface area contributed by atoms with Crippen LogP contribution in [0.2, 0.25) is 0 Å². The van der Waals surface area contributed by atoms with Crippen molar-refractivity contribution >= 4 is 38.8 Å². The van der Waals surface area contributed by atoms with Crippen molar-refractivity contribution < 1.29 is 8.95 Å². The summed E-state index contributed by atoms with van der Waals surface area (Å²) in [6, 6.07) is 6.29. The van der Waals surface area contributed by atoms with E-state index in [-0.39, 0.29) is 0 Å². The number of nitrogens with zero attached hydrogens (tertiary/aromatic N) is 2. The van der Waals surface area contributed by atoms with Gasteiger partial charge in [-0.3, -0.25) is 9.71 Å². The van der Waals surface area contributed by atoms with E-state index in [9.17, 15) is 4.21 Å². The van der Waals surface area contributed by atoms with Crippen LogP contribution in [0.1, 0.15) is 18.4 Å². The first-order valence-corrected chi connectivity index (χ1v) is 9.82. The number of fused-ring (bicyclic) bond motifs is 5. The number of hydrogen-bond acceptors (Lipinski definition) is 4. The third kappa shape index (κ3) is 2.40. The van der Waals surface area contributed by atoms with Gasteiger partial charge in [-0.25, -0.2) is 4.21 Å². The summed E-state index contributed by atoms with van der Waals surface area (Å²) in [7, 11) is -1.22. The molecule has 1 saturated heterocycles. The van der Waals surface area contributed by atoms with E-state index in [1.807, 2.05) is 6.07 Å². The van der Waals surface area contributed by atoms with Crippen LogP contribution in [-0.4, -0.2) is 35.5 Å². The van der Waals surface area contributed by atoms with Gasteiger partial charge in [0, 0.05) is 35.9 Å². The summed E-state index contributed by atoms with van der Waals surface area (Å²) < 4.78 is 21.4. The van der Waals surface area contributed by atoms with Gasteiger partial charge in [0.1, 0.15) is 0 Å². The van der Waals surface area contributed by atoms with Crippen LogP contribution in [0.5, 0.6) is 0 Å². The van der Waals surface area contributed by atoms with Crippen molar-refractivity contribution in [2.24, 2.45) is 0 Å². The van der Waals surface area contributed by atoms with Crippen molar-refractivity contribution in [3.63, 3.8) is 0 Å². The third-order valence-electron chi connectivity index (χ3n) is 5.02. The number of ether oxygens (including phenoxy) is 1. The molecule has 0 bridgehead atoms. The molecule has 25 heavy (non-hydrogen) atoms. The van der Waals surface area contributed by atoms with Crippen LogP contribution in [-0.2, 0) is 15.7 Å². The molecule has 0 saturated carbocycles. The average Bonchev–Trinajstić information content (AvgIpc) is 2.69. The maximum absolute atomic E-state index is 12.7. The second-order valence-electron chi connectivity index (χ2n) is 6.45. The fraction of sp³-hybridized carbons (Fsp3) is 0.316. The highest BCUT2D eigenvalue weighted by molar-refractivity contribution is 7.91. The molecular weight excluding hydrogens is 334 g/mol. The number of rotatable bonds is 1. The number of morpholine rings is 1. The van der Waals surface area contributed by atoms with E-state index in [2.05, 4.69) is 38.9 Å².